The molecular formula is C19H16ClN. The molecule has 0 heterocycles. The minimum atomic E-state index is -0.118. The van der Waals surface area contributed by atoms with Crippen LogP contribution in [0, 0.1) is 0 Å². The Bertz CT molecular complexity index is 811. The number of aryl methyl sites for hydroxylation is 2. The van der Waals surface area contributed by atoms with E-state index in [0.717, 1.165) is 23.4 Å². The van der Waals surface area contributed by atoms with Crippen LogP contribution in [0.4, 0.5) is 0 Å². The van der Waals surface area contributed by atoms with Crippen LogP contribution < -0.4 is 5.73 Å². The molecule has 1 atom stereocenters. The fourth-order valence-electron chi connectivity index (χ4n) is 3.39. The van der Waals surface area contributed by atoms with E-state index < -0.39 is 0 Å². The quantitative estimate of drug-likeness (QED) is 0.732. The van der Waals surface area contributed by atoms with Gasteiger partial charge in [0.1, 0.15) is 0 Å². The van der Waals surface area contributed by atoms with E-state index in [0.29, 0.717) is 0 Å². The third-order valence-corrected chi connectivity index (χ3v) is 4.73. The maximum Gasteiger partial charge on any atom is 0.0557 e. The maximum absolute atomic E-state index is 6.51. The average molecular weight is 294 g/mol. The van der Waals surface area contributed by atoms with Crippen molar-refractivity contribution in [2.45, 2.75) is 18.9 Å². The summed E-state index contributed by atoms with van der Waals surface area (Å²) in [6.45, 7) is 0. The smallest absolute Gasteiger partial charge is 0.0557 e. The number of nitrogens with two attached hydrogens (primary N) is 1. The molecule has 3 aromatic carbocycles. The Labute approximate surface area is 129 Å². The monoisotopic (exact) mass is 293 g/mol. The van der Waals surface area contributed by atoms with E-state index in [1.54, 1.807) is 0 Å². The molecule has 0 bridgehead atoms. The Balaban J connectivity index is 1.89. The van der Waals surface area contributed by atoms with Gasteiger partial charge in [0.15, 0.2) is 0 Å². The van der Waals surface area contributed by atoms with E-state index in [1.807, 2.05) is 24.3 Å². The van der Waals surface area contributed by atoms with Crippen molar-refractivity contribution in [2.75, 3.05) is 0 Å². The van der Waals surface area contributed by atoms with Crippen LogP contribution in [-0.4, -0.2) is 0 Å². The zero-order valence-corrected chi connectivity index (χ0v) is 12.4. The molecule has 4 rings (SSSR count). The zero-order valence-electron chi connectivity index (χ0n) is 11.6. The van der Waals surface area contributed by atoms with Crippen molar-refractivity contribution in [3.63, 3.8) is 0 Å². The molecule has 1 unspecified atom stereocenters. The van der Waals surface area contributed by atoms with E-state index in [2.05, 4.69) is 30.3 Å². The van der Waals surface area contributed by atoms with E-state index in [-0.39, 0.29) is 6.04 Å². The Kier molecular flexibility index (Phi) is 2.99. The normalized spacial score (nSPS) is 14.6. The largest absolute Gasteiger partial charge is 0.320 e. The molecule has 0 spiro atoms. The Hall–Kier alpha value is -1.83. The fraction of sp³-hybridized carbons (Fsp3) is 0.158. The highest BCUT2D eigenvalue weighted by Gasteiger charge is 2.19. The van der Waals surface area contributed by atoms with E-state index in [9.17, 15) is 0 Å². The third kappa shape index (κ3) is 2.05. The first-order valence-corrected chi connectivity index (χ1v) is 7.66. The van der Waals surface area contributed by atoms with Gasteiger partial charge in [0, 0.05) is 5.02 Å². The van der Waals surface area contributed by atoms with Gasteiger partial charge in [-0.2, -0.15) is 0 Å². The first kappa shape index (κ1) is 12.9. The van der Waals surface area contributed by atoms with Crippen LogP contribution >= 0.6 is 11.6 Å². The van der Waals surface area contributed by atoms with Gasteiger partial charge < -0.3 is 5.73 Å². The van der Waals surface area contributed by atoms with Crippen molar-refractivity contribution >= 4 is 22.4 Å². The zero-order chi connectivity index (χ0) is 14.4. The van der Waals surface area contributed by atoms with Crippen LogP contribution in [0.2, 0.25) is 5.02 Å². The van der Waals surface area contributed by atoms with Gasteiger partial charge in [-0.25, -0.2) is 0 Å². The van der Waals surface area contributed by atoms with Gasteiger partial charge in [-0.05, 0) is 58.0 Å². The molecule has 2 N–H and O–H groups in total. The second kappa shape index (κ2) is 4.87. The topological polar surface area (TPSA) is 26.0 Å². The van der Waals surface area contributed by atoms with E-state index in [4.69, 9.17) is 17.3 Å². The molecule has 0 radical (unpaired) electrons. The van der Waals surface area contributed by atoms with Gasteiger partial charge in [0.05, 0.1) is 6.04 Å². The molecule has 1 nitrogen and oxygen atoms in total. The standard InChI is InChI=1S/C19H16ClN/c20-15-9-6-14(7-10-15)19(21)17-11-8-13-5-4-12-2-1-3-16(17)18(12)13/h1-3,6-11,19H,4-5,21H2. The van der Waals surface area contributed by atoms with Crippen molar-refractivity contribution in [3.8, 4) is 0 Å². The summed E-state index contributed by atoms with van der Waals surface area (Å²) in [7, 11) is 0. The Morgan fingerprint density at radius 2 is 1.57 bits per heavy atom. The van der Waals surface area contributed by atoms with Crippen LogP contribution in [0.15, 0.2) is 54.6 Å². The summed E-state index contributed by atoms with van der Waals surface area (Å²) in [5.41, 5.74) is 11.7. The molecule has 0 aromatic heterocycles. The lowest BCUT2D eigenvalue weighted by atomic mass is 9.92. The minimum Gasteiger partial charge on any atom is -0.320 e. The van der Waals surface area contributed by atoms with Crippen molar-refractivity contribution in [3.05, 3.63) is 81.9 Å². The molecule has 0 saturated heterocycles. The van der Waals surface area contributed by atoms with Gasteiger partial charge >= 0.3 is 0 Å². The molecule has 0 saturated carbocycles. The predicted molar refractivity (Wildman–Crippen MR) is 88.8 cm³/mol. The molecule has 1 aliphatic rings. The van der Waals surface area contributed by atoms with Crippen molar-refractivity contribution in [1.29, 1.82) is 0 Å². The number of hydrogen-bond donors (Lipinski definition) is 1. The molecule has 1 aliphatic carbocycles. The second-order valence-electron chi connectivity index (χ2n) is 5.68. The average Bonchev–Trinajstić information content (AvgIpc) is 2.93. The van der Waals surface area contributed by atoms with Gasteiger partial charge in [-0.3, -0.25) is 0 Å². The van der Waals surface area contributed by atoms with Gasteiger partial charge in [0.25, 0.3) is 0 Å². The predicted octanol–water partition coefficient (Wildman–Crippen LogP) is 4.64. The molecule has 0 aliphatic heterocycles. The first-order chi connectivity index (χ1) is 10.2. The lowest BCUT2D eigenvalue weighted by Gasteiger charge is -2.16. The van der Waals surface area contributed by atoms with Crippen molar-refractivity contribution < 1.29 is 0 Å². The van der Waals surface area contributed by atoms with Crippen LogP contribution in [-0.2, 0) is 12.8 Å². The van der Waals surface area contributed by atoms with Crippen LogP contribution in [0.25, 0.3) is 10.8 Å². The highest BCUT2D eigenvalue weighted by atomic mass is 35.5. The van der Waals surface area contributed by atoms with Crippen LogP contribution in [0.5, 0.6) is 0 Å². The third-order valence-electron chi connectivity index (χ3n) is 4.47. The summed E-state index contributed by atoms with van der Waals surface area (Å²) in [6, 6.07) is 18.7. The van der Waals surface area contributed by atoms with Gasteiger partial charge in [-0.1, -0.05) is 54.1 Å². The summed E-state index contributed by atoms with van der Waals surface area (Å²) in [5, 5.41) is 3.45. The number of hydrogen-bond acceptors (Lipinski definition) is 1. The summed E-state index contributed by atoms with van der Waals surface area (Å²) < 4.78 is 0. The summed E-state index contributed by atoms with van der Waals surface area (Å²) in [4.78, 5) is 0. The fourth-order valence-corrected chi connectivity index (χ4v) is 3.52. The lowest BCUT2D eigenvalue weighted by Crippen LogP contribution is -2.12. The highest BCUT2D eigenvalue weighted by molar-refractivity contribution is 6.30. The summed E-state index contributed by atoms with van der Waals surface area (Å²) in [5.74, 6) is 0. The highest BCUT2D eigenvalue weighted by Crippen LogP contribution is 2.36. The van der Waals surface area contributed by atoms with E-state index in [1.165, 1.54) is 27.5 Å². The van der Waals surface area contributed by atoms with Crippen molar-refractivity contribution in [2.24, 2.45) is 5.73 Å². The number of rotatable bonds is 2. The van der Waals surface area contributed by atoms with E-state index >= 15 is 0 Å². The maximum atomic E-state index is 6.51. The Morgan fingerprint density at radius 1 is 0.857 bits per heavy atom. The molecule has 104 valence electrons. The lowest BCUT2D eigenvalue weighted by molar-refractivity contribution is 0.880. The van der Waals surface area contributed by atoms with Crippen LogP contribution in [0.3, 0.4) is 0 Å². The SMILES string of the molecule is NC(c1ccc(Cl)cc1)c1ccc2c3c(cccc13)CC2. The summed E-state index contributed by atoms with van der Waals surface area (Å²) >= 11 is 5.97. The number of halogens is 1. The molecule has 3 aromatic rings. The molecular weight excluding hydrogens is 278 g/mol. The molecule has 0 fully saturated rings. The minimum absolute atomic E-state index is 0.118. The van der Waals surface area contributed by atoms with Gasteiger partial charge in [0.2, 0.25) is 0 Å². The van der Waals surface area contributed by atoms with Crippen LogP contribution in [0.1, 0.15) is 28.3 Å². The van der Waals surface area contributed by atoms with Gasteiger partial charge in [-0.15, -0.1) is 0 Å². The number of benzene rings is 3. The Morgan fingerprint density at radius 3 is 2.33 bits per heavy atom. The molecule has 21 heavy (non-hydrogen) atoms. The molecule has 2 heteroatoms. The summed E-state index contributed by atoms with van der Waals surface area (Å²) in [6.07, 6.45) is 2.29. The molecule has 0 amide bonds. The first-order valence-electron chi connectivity index (χ1n) is 7.28. The second-order valence-corrected chi connectivity index (χ2v) is 6.12. The van der Waals surface area contributed by atoms with Crippen molar-refractivity contribution in [1.82, 2.24) is 0 Å².